The summed E-state index contributed by atoms with van der Waals surface area (Å²) in [4.78, 5) is 4.29. The van der Waals surface area contributed by atoms with Gasteiger partial charge in [0.2, 0.25) is 5.88 Å². The second-order valence-corrected chi connectivity index (χ2v) is 7.02. The van der Waals surface area contributed by atoms with Gasteiger partial charge in [-0.2, -0.15) is 0 Å². The molecule has 1 aromatic carbocycles. The van der Waals surface area contributed by atoms with E-state index in [1.54, 1.807) is 6.20 Å². The van der Waals surface area contributed by atoms with Crippen LogP contribution in [-0.4, -0.2) is 11.0 Å². The molecule has 1 heterocycles. The Balaban J connectivity index is 2.13. The number of aromatic nitrogens is 1. The zero-order valence-electron chi connectivity index (χ0n) is 11.7. The van der Waals surface area contributed by atoms with Crippen LogP contribution in [0.3, 0.4) is 0 Å². The van der Waals surface area contributed by atoms with Crippen molar-refractivity contribution in [3.63, 3.8) is 0 Å². The molecule has 0 aliphatic heterocycles. The SMILES string of the molecule is CC(C)NCc1cnc(Oc2ccc(Br)cc2Br)c(Cl)c1. The molecule has 2 rings (SSSR count). The first kappa shape index (κ1) is 16.7. The Bertz CT molecular complexity index is 635. The van der Waals surface area contributed by atoms with Gasteiger partial charge in [-0.3, -0.25) is 0 Å². The molecule has 0 aliphatic carbocycles. The van der Waals surface area contributed by atoms with Crippen LogP contribution >= 0.6 is 43.5 Å². The standard InChI is InChI=1S/C15H15Br2ClN2O/c1-9(2)19-7-10-5-13(18)15(20-8-10)21-14-4-3-11(16)6-12(14)17/h3-6,8-9,19H,7H2,1-2H3. The Labute approximate surface area is 146 Å². The summed E-state index contributed by atoms with van der Waals surface area (Å²) < 4.78 is 7.55. The zero-order chi connectivity index (χ0) is 15.4. The molecular weight excluding hydrogens is 419 g/mol. The van der Waals surface area contributed by atoms with Crippen molar-refractivity contribution >= 4 is 43.5 Å². The topological polar surface area (TPSA) is 34.2 Å². The van der Waals surface area contributed by atoms with E-state index in [1.807, 2.05) is 24.3 Å². The van der Waals surface area contributed by atoms with Crippen molar-refractivity contribution in [1.82, 2.24) is 10.3 Å². The molecule has 112 valence electrons. The quantitative estimate of drug-likeness (QED) is 0.670. The number of benzene rings is 1. The van der Waals surface area contributed by atoms with Crippen LogP contribution in [0.4, 0.5) is 0 Å². The molecule has 0 bridgehead atoms. The van der Waals surface area contributed by atoms with E-state index in [1.165, 1.54) is 0 Å². The number of hydrogen-bond acceptors (Lipinski definition) is 3. The van der Waals surface area contributed by atoms with E-state index in [2.05, 4.69) is 56.0 Å². The highest BCUT2D eigenvalue weighted by Crippen LogP contribution is 2.34. The van der Waals surface area contributed by atoms with E-state index in [-0.39, 0.29) is 0 Å². The van der Waals surface area contributed by atoms with Crippen LogP contribution in [0, 0.1) is 0 Å². The van der Waals surface area contributed by atoms with Crippen molar-refractivity contribution in [3.8, 4) is 11.6 Å². The Kier molecular flexibility index (Phi) is 6.05. The Morgan fingerprint density at radius 3 is 2.67 bits per heavy atom. The smallest absolute Gasteiger partial charge is 0.238 e. The van der Waals surface area contributed by atoms with Gasteiger partial charge in [-0.15, -0.1) is 0 Å². The predicted molar refractivity (Wildman–Crippen MR) is 93.1 cm³/mol. The van der Waals surface area contributed by atoms with Crippen molar-refractivity contribution in [1.29, 1.82) is 0 Å². The third-order valence-corrected chi connectivity index (χ3v) is 4.06. The molecule has 0 spiro atoms. The Morgan fingerprint density at radius 2 is 2.05 bits per heavy atom. The van der Waals surface area contributed by atoms with Crippen molar-refractivity contribution < 1.29 is 4.74 Å². The monoisotopic (exact) mass is 432 g/mol. The van der Waals surface area contributed by atoms with Crippen LogP contribution in [0.5, 0.6) is 11.6 Å². The summed E-state index contributed by atoms with van der Waals surface area (Å²) in [7, 11) is 0. The highest BCUT2D eigenvalue weighted by atomic mass is 79.9. The fourth-order valence-corrected chi connectivity index (χ4v) is 2.98. The highest BCUT2D eigenvalue weighted by molar-refractivity contribution is 9.11. The molecule has 0 fully saturated rings. The highest BCUT2D eigenvalue weighted by Gasteiger charge is 2.09. The fraction of sp³-hybridized carbons (Fsp3) is 0.267. The molecule has 0 saturated carbocycles. The van der Waals surface area contributed by atoms with Crippen LogP contribution in [-0.2, 0) is 6.54 Å². The number of nitrogens with zero attached hydrogens (tertiary/aromatic N) is 1. The molecular formula is C15H15Br2ClN2O. The molecule has 0 atom stereocenters. The summed E-state index contributed by atoms with van der Waals surface area (Å²) in [6, 6.07) is 7.93. The molecule has 6 heteroatoms. The second-order valence-electron chi connectivity index (χ2n) is 4.84. The molecule has 3 nitrogen and oxygen atoms in total. The van der Waals surface area contributed by atoms with E-state index in [0.717, 1.165) is 21.1 Å². The summed E-state index contributed by atoms with van der Waals surface area (Å²) in [6.07, 6.45) is 1.77. The molecule has 0 unspecified atom stereocenters. The Morgan fingerprint density at radius 1 is 1.29 bits per heavy atom. The van der Waals surface area contributed by atoms with Gasteiger partial charge in [0.1, 0.15) is 10.8 Å². The molecule has 0 saturated heterocycles. The van der Waals surface area contributed by atoms with Crippen LogP contribution < -0.4 is 10.1 Å². The third kappa shape index (κ3) is 4.95. The minimum absolute atomic E-state index is 0.396. The lowest BCUT2D eigenvalue weighted by atomic mass is 10.2. The number of ether oxygens (including phenoxy) is 1. The van der Waals surface area contributed by atoms with Crippen LogP contribution in [0.2, 0.25) is 5.02 Å². The van der Waals surface area contributed by atoms with Gasteiger partial charge in [-0.1, -0.05) is 41.4 Å². The summed E-state index contributed by atoms with van der Waals surface area (Å²) in [5.41, 5.74) is 1.02. The average Bonchev–Trinajstić information content (AvgIpc) is 2.42. The van der Waals surface area contributed by atoms with Crippen molar-refractivity contribution in [2.45, 2.75) is 26.4 Å². The maximum atomic E-state index is 6.24. The fourth-order valence-electron chi connectivity index (χ4n) is 1.62. The molecule has 1 aromatic heterocycles. The summed E-state index contributed by atoms with van der Waals surface area (Å²) in [5, 5.41) is 3.81. The van der Waals surface area contributed by atoms with Gasteiger partial charge in [0, 0.05) is 23.3 Å². The van der Waals surface area contributed by atoms with Gasteiger partial charge < -0.3 is 10.1 Å². The summed E-state index contributed by atoms with van der Waals surface area (Å²) in [6.45, 7) is 4.92. The normalized spacial score (nSPS) is 11.0. The van der Waals surface area contributed by atoms with Crippen LogP contribution in [0.1, 0.15) is 19.4 Å². The summed E-state index contributed by atoms with van der Waals surface area (Å²) >= 11 is 13.1. The van der Waals surface area contributed by atoms with Crippen molar-refractivity contribution in [2.24, 2.45) is 0 Å². The maximum Gasteiger partial charge on any atom is 0.238 e. The summed E-state index contributed by atoms with van der Waals surface area (Å²) in [5.74, 6) is 1.06. The van der Waals surface area contributed by atoms with E-state index in [4.69, 9.17) is 16.3 Å². The lowest BCUT2D eigenvalue weighted by molar-refractivity contribution is 0.459. The number of rotatable bonds is 5. The minimum Gasteiger partial charge on any atom is -0.436 e. The number of hydrogen-bond donors (Lipinski definition) is 1. The lowest BCUT2D eigenvalue weighted by Crippen LogP contribution is -2.21. The number of nitrogens with one attached hydrogen (secondary N) is 1. The third-order valence-electron chi connectivity index (χ3n) is 2.68. The van der Waals surface area contributed by atoms with Crippen LogP contribution in [0.15, 0.2) is 39.4 Å². The van der Waals surface area contributed by atoms with Crippen molar-refractivity contribution in [3.05, 3.63) is 50.0 Å². The minimum atomic E-state index is 0.396. The van der Waals surface area contributed by atoms with Gasteiger partial charge in [0.15, 0.2) is 0 Å². The molecule has 0 amide bonds. The van der Waals surface area contributed by atoms with Crippen molar-refractivity contribution in [2.75, 3.05) is 0 Å². The first-order valence-electron chi connectivity index (χ1n) is 6.46. The van der Waals surface area contributed by atoms with E-state index < -0.39 is 0 Å². The van der Waals surface area contributed by atoms with E-state index in [9.17, 15) is 0 Å². The molecule has 1 N–H and O–H groups in total. The predicted octanol–water partition coefficient (Wildman–Crippen LogP) is 5.55. The van der Waals surface area contributed by atoms with Gasteiger partial charge in [0.25, 0.3) is 0 Å². The molecule has 2 aromatic rings. The maximum absolute atomic E-state index is 6.24. The van der Waals surface area contributed by atoms with Crippen LogP contribution in [0.25, 0.3) is 0 Å². The second kappa shape index (κ2) is 7.58. The largest absolute Gasteiger partial charge is 0.436 e. The van der Waals surface area contributed by atoms with Gasteiger partial charge in [-0.25, -0.2) is 4.98 Å². The first-order valence-corrected chi connectivity index (χ1v) is 8.43. The number of pyridine rings is 1. The lowest BCUT2D eigenvalue weighted by Gasteiger charge is -2.11. The van der Waals surface area contributed by atoms with Gasteiger partial charge in [0.05, 0.1) is 4.47 Å². The Hall–Kier alpha value is -0.620. The number of halogens is 3. The van der Waals surface area contributed by atoms with Gasteiger partial charge >= 0.3 is 0 Å². The molecule has 0 aliphatic rings. The van der Waals surface area contributed by atoms with E-state index >= 15 is 0 Å². The average molecular weight is 435 g/mol. The van der Waals surface area contributed by atoms with Gasteiger partial charge in [-0.05, 0) is 45.8 Å². The molecule has 0 radical (unpaired) electrons. The molecule has 21 heavy (non-hydrogen) atoms. The first-order chi connectivity index (χ1) is 9.95. The van der Waals surface area contributed by atoms with E-state index in [0.29, 0.717) is 22.7 Å². The zero-order valence-corrected chi connectivity index (χ0v) is 15.6.